The van der Waals surface area contributed by atoms with Crippen LogP contribution in [-0.4, -0.2) is 35.0 Å². The highest BCUT2D eigenvalue weighted by Crippen LogP contribution is 2.63. The second kappa shape index (κ2) is 5.09. The average molecular weight is 331 g/mol. The molecular formula is C20H29NO3. The molecule has 0 spiro atoms. The van der Waals surface area contributed by atoms with Gasteiger partial charge in [-0.05, 0) is 56.3 Å². The van der Waals surface area contributed by atoms with Crippen LogP contribution < -0.4 is 0 Å². The molecule has 3 aliphatic carbocycles. The van der Waals surface area contributed by atoms with Crippen molar-refractivity contribution in [3.8, 4) is 0 Å². The molecule has 2 saturated carbocycles. The van der Waals surface area contributed by atoms with Crippen LogP contribution in [0, 0.1) is 22.7 Å². The number of amides is 1. The molecular weight excluding hydrogens is 302 g/mol. The summed E-state index contributed by atoms with van der Waals surface area (Å²) in [5.74, 6) is 0.0139. The molecule has 1 saturated heterocycles. The highest BCUT2D eigenvalue weighted by Gasteiger charge is 2.57. The van der Waals surface area contributed by atoms with Gasteiger partial charge in [-0.2, -0.15) is 0 Å². The monoisotopic (exact) mass is 331 g/mol. The Balaban J connectivity index is 1.74. The zero-order valence-electron chi connectivity index (χ0n) is 15.1. The van der Waals surface area contributed by atoms with E-state index in [1.54, 1.807) is 5.57 Å². The number of hydrogen-bond acceptors (Lipinski definition) is 2. The first-order valence-electron chi connectivity index (χ1n) is 9.50. The minimum atomic E-state index is -0.616. The van der Waals surface area contributed by atoms with E-state index in [4.69, 9.17) is 0 Å². The van der Waals surface area contributed by atoms with Crippen LogP contribution >= 0.6 is 0 Å². The van der Waals surface area contributed by atoms with Crippen molar-refractivity contribution in [1.82, 2.24) is 4.90 Å². The Kier molecular flexibility index (Phi) is 3.43. The first-order chi connectivity index (χ1) is 11.3. The number of piperidine rings is 1. The Morgan fingerprint density at radius 3 is 2.58 bits per heavy atom. The first-order valence-corrected chi connectivity index (χ1v) is 9.50. The van der Waals surface area contributed by atoms with Crippen molar-refractivity contribution in [1.29, 1.82) is 0 Å². The minimum Gasteiger partial charge on any atom is -0.481 e. The maximum atomic E-state index is 12.2. The SMILES string of the molecule is CN1C(=O)CC[C@@]2(C)C1CCC1=C3CC[C@H](C(=O)O)[C@@]3(C)CC[C@@H]12. The molecule has 1 aliphatic heterocycles. The maximum Gasteiger partial charge on any atom is 0.307 e. The van der Waals surface area contributed by atoms with Crippen molar-refractivity contribution in [2.75, 3.05) is 7.05 Å². The number of fused-ring (bicyclic) bond motifs is 4. The quantitative estimate of drug-likeness (QED) is 0.747. The molecule has 4 aliphatic rings. The lowest BCUT2D eigenvalue weighted by atomic mass is 9.52. The van der Waals surface area contributed by atoms with Gasteiger partial charge in [-0.25, -0.2) is 0 Å². The van der Waals surface area contributed by atoms with Crippen LogP contribution in [0.3, 0.4) is 0 Å². The molecule has 0 aromatic carbocycles. The van der Waals surface area contributed by atoms with Crippen LogP contribution in [0.1, 0.15) is 65.2 Å². The van der Waals surface area contributed by atoms with Gasteiger partial charge in [-0.3, -0.25) is 9.59 Å². The number of rotatable bonds is 1. The lowest BCUT2D eigenvalue weighted by molar-refractivity contribution is -0.147. The molecule has 4 nitrogen and oxygen atoms in total. The second-order valence-electron chi connectivity index (χ2n) is 9.01. The summed E-state index contributed by atoms with van der Waals surface area (Å²) in [6.45, 7) is 4.58. The molecule has 1 N–H and O–H groups in total. The second-order valence-corrected chi connectivity index (χ2v) is 9.01. The summed E-state index contributed by atoms with van der Waals surface area (Å²) in [6, 6.07) is 0.356. The van der Waals surface area contributed by atoms with Crippen LogP contribution in [0.2, 0.25) is 0 Å². The lowest BCUT2D eigenvalue weighted by Gasteiger charge is -2.57. The third-order valence-corrected chi connectivity index (χ3v) is 8.18. The van der Waals surface area contributed by atoms with Gasteiger partial charge in [0.25, 0.3) is 0 Å². The van der Waals surface area contributed by atoms with Crippen LogP contribution in [-0.2, 0) is 9.59 Å². The summed E-state index contributed by atoms with van der Waals surface area (Å²) < 4.78 is 0. The molecule has 5 atom stereocenters. The number of allylic oxidation sites excluding steroid dienone is 2. The molecule has 1 amide bonds. The number of nitrogens with zero attached hydrogens (tertiary/aromatic N) is 1. The first kappa shape index (κ1) is 16.2. The fraction of sp³-hybridized carbons (Fsp3) is 0.800. The number of carboxylic acid groups (broad SMARTS) is 1. The van der Waals surface area contributed by atoms with Gasteiger partial charge < -0.3 is 10.0 Å². The maximum absolute atomic E-state index is 12.2. The van der Waals surface area contributed by atoms with Gasteiger partial charge in [0.1, 0.15) is 0 Å². The molecule has 132 valence electrons. The molecule has 4 heteroatoms. The molecule has 4 rings (SSSR count). The smallest absolute Gasteiger partial charge is 0.307 e. The number of aliphatic carboxylic acids is 1. The van der Waals surface area contributed by atoms with Gasteiger partial charge >= 0.3 is 5.97 Å². The third kappa shape index (κ3) is 1.91. The zero-order chi connectivity index (χ0) is 17.3. The Hall–Kier alpha value is -1.32. The molecule has 3 fully saturated rings. The van der Waals surface area contributed by atoms with E-state index in [0.29, 0.717) is 24.3 Å². The molecule has 1 heterocycles. The summed E-state index contributed by atoms with van der Waals surface area (Å²) >= 11 is 0. The summed E-state index contributed by atoms with van der Waals surface area (Å²) in [5, 5.41) is 9.65. The van der Waals surface area contributed by atoms with Gasteiger partial charge in [0.05, 0.1) is 5.92 Å². The van der Waals surface area contributed by atoms with E-state index >= 15 is 0 Å². The van der Waals surface area contributed by atoms with E-state index in [0.717, 1.165) is 44.9 Å². The van der Waals surface area contributed by atoms with E-state index in [1.807, 2.05) is 11.9 Å². The van der Waals surface area contributed by atoms with E-state index in [-0.39, 0.29) is 16.7 Å². The minimum absolute atomic E-state index is 0.128. The van der Waals surface area contributed by atoms with Gasteiger partial charge in [-0.15, -0.1) is 0 Å². The van der Waals surface area contributed by atoms with Crippen LogP contribution in [0.15, 0.2) is 11.1 Å². The van der Waals surface area contributed by atoms with E-state index in [1.165, 1.54) is 5.57 Å². The molecule has 0 aromatic rings. The Labute approximate surface area is 144 Å². The number of carboxylic acids is 1. The Bertz CT molecular complexity index is 639. The third-order valence-electron chi connectivity index (χ3n) is 8.18. The van der Waals surface area contributed by atoms with Crippen molar-refractivity contribution >= 4 is 11.9 Å². The van der Waals surface area contributed by atoms with Crippen molar-refractivity contribution in [2.24, 2.45) is 22.7 Å². The standard InChI is InChI=1S/C20H29NO3/c1-19-10-8-14-12(13(19)5-6-15(19)18(23)24)4-7-16-20(14,2)11-9-17(22)21(16)3/h14-16H,4-11H2,1-3H3,(H,23,24)/t14-,15+,16?,19-,20+/m0/s1. The fourth-order valence-corrected chi connectivity index (χ4v) is 6.79. The summed E-state index contributed by atoms with van der Waals surface area (Å²) in [4.78, 5) is 25.9. The van der Waals surface area contributed by atoms with Crippen LogP contribution in [0.25, 0.3) is 0 Å². The van der Waals surface area contributed by atoms with E-state index in [2.05, 4.69) is 13.8 Å². The average Bonchev–Trinajstić information content (AvgIpc) is 2.89. The molecule has 0 aromatic heterocycles. The molecule has 24 heavy (non-hydrogen) atoms. The van der Waals surface area contributed by atoms with Gasteiger partial charge in [0.15, 0.2) is 0 Å². The molecule has 0 bridgehead atoms. The highest BCUT2D eigenvalue weighted by atomic mass is 16.4. The number of hydrogen-bond donors (Lipinski definition) is 1. The normalized spacial score (nSPS) is 44.9. The highest BCUT2D eigenvalue weighted by molar-refractivity contribution is 5.77. The van der Waals surface area contributed by atoms with E-state index < -0.39 is 5.97 Å². The predicted molar refractivity (Wildman–Crippen MR) is 91.3 cm³/mol. The van der Waals surface area contributed by atoms with Crippen LogP contribution in [0.4, 0.5) is 0 Å². The Morgan fingerprint density at radius 2 is 1.88 bits per heavy atom. The van der Waals surface area contributed by atoms with Gasteiger partial charge in [0.2, 0.25) is 5.91 Å². The van der Waals surface area contributed by atoms with Crippen molar-refractivity contribution < 1.29 is 14.7 Å². The molecule has 1 unspecified atom stereocenters. The zero-order valence-corrected chi connectivity index (χ0v) is 15.1. The summed E-state index contributed by atoms with van der Waals surface area (Å²) in [6.07, 6.45) is 7.60. The summed E-state index contributed by atoms with van der Waals surface area (Å²) in [7, 11) is 1.98. The van der Waals surface area contributed by atoms with Gasteiger partial charge in [0, 0.05) is 24.9 Å². The van der Waals surface area contributed by atoms with Crippen molar-refractivity contribution in [3.63, 3.8) is 0 Å². The molecule has 0 radical (unpaired) electrons. The Morgan fingerprint density at radius 1 is 1.12 bits per heavy atom. The van der Waals surface area contributed by atoms with Crippen molar-refractivity contribution in [3.05, 3.63) is 11.1 Å². The largest absolute Gasteiger partial charge is 0.481 e. The number of carbonyl (C=O) groups is 2. The van der Waals surface area contributed by atoms with Crippen LogP contribution in [0.5, 0.6) is 0 Å². The van der Waals surface area contributed by atoms with Gasteiger partial charge in [-0.1, -0.05) is 25.0 Å². The topological polar surface area (TPSA) is 57.6 Å². The van der Waals surface area contributed by atoms with Crippen molar-refractivity contribution in [2.45, 2.75) is 71.3 Å². The lowest BCUT2D eigenvalue weighted by Crippen LogP contribution is -2.58. The number of carbonyl (C=O) groups excluding carboxylic acids is 1. The summed E-state index contributed by atoms with van der Waals surface area (Å²) in [5.41, 5.74) is 3.10. The predicted octanol–water partition coefficient (Wildman–Crippen LogP) is 3.61. The number of likely N-dealkylation sites (tertiary alicyclic amines) is 1. The fourth-order valence-electron chi connectivity index (χ4n) is 6.79. The van der Waals surface area contributed by atoms with E-state index in [9.17, 15) is 14.7 Å².